The summed E-state index contributed by atoms with van der Waals surface area (Å²) in [6, 6.07) is 21.9. The second-order valence-electron chi connectivity index (χ2n) is 5.02. The summed E-state index contributed by atoms with van der Waals surface area (Å²) in [7, 11) is 1.40. The molecule has 3 aromatic rings. The van der Waals surface area contributed by atoms with Crippen molar-refractivity contribution in [2.24, 2.45) is 0 Å². The molecular weight excluding hydrogens is 272 g/mol. The van der Waals surface area contributed by atoms with Crippen molar-refractivity contribution in [1.82, 2.24) is 0 Å². The molecule has 0 atom stereocenters. The molecule has 3 rings (SSSR count). The highest BCUT2D eigenvalue weighted by Crippen LogP contribution is 2.22. The predicted octanol–water partition coefficient (Wildman–Crippen LogP) is 4.80. The molecule has 0 unspecified atom stereocenters. The van der Waals surface area contributed by atoms with Gasteiger partial charge in [-0.2, -0.15) is 0 Å². The maximum absolute atomic E-state index is 12.0. The lowest BCUT2D eigenvalue weighted by molar-refractivity contribution is 0.0600. The average molecular weight is 288 g/mol. The minimum absolute atomic E-state index is 0.321. The van der Waals surface area contributed by atoms with Crippen molar-refractivity contribution in [2.75, 3.05) is 7.11 Å². The molecule has 0 fully saturated rings. The fourth-order valence-corrected chi connectivity index (χ4v) is 2.43. The topological polar surface area (TPSA) is 26.3 Å². The third kappa shape index (κ3) is 2.91. The lowest BCUT2D eigenvalue weighted by Gasteiger charge is -2.07. The van der Waals surface area contributed by atoms with Crippen LogP contribution >= 0.6 is 0 Å². The molecule has 108 valence electrons. The van der Waals surface area contributed by atoms with E-state index >= 15 is 0 Å². The molecule has 0 aliphatic rings. The lowest BCUT2D eigenvalue weighted by atomic mass is 10.00. The molecule has 0 radical (unpaired) electrons. The lowest BCUT2D eigenvalue weighted by Crippen LogP contribution is -2.03. The normalized spacial score (nSPS) is 11.0. The number of hydrogen-bond donors (Lipinski definition) is 0. The van der Waals surface area contributed by atoms with Gasteiger partial charge in [-0.25, -0.2) is 4.79 Å². The Bertz CT molecular complexity index is 833. The van der Waals surface area contributed by atoms with Crippen molar-refractivity contribution < 1.29 is 9.53 Å². The SMILES string of the molecule is COC(=O)c1cc2ccccc2cc1/C=C/c1ccccc1. The van der Waals surface area contributed by atoms with Crippen LogP contribution in [-0.4, -0.2) is 13.1 Å². The third-order valence-electron chi connectivity index (χ3n) is 3.58. The summed E-state index contributed by atoms with van der Waals surface area (Å²) in [6.45, 7) is 0. The van der Waals surface area contributed by atoms with Gasteiger partial charge in [0.25, 0.3) is 0 Å². The molecule has 2 nitrogen and oxygen atoms in total. The zero-order valence-corrected chi connectivity index (χ0v) is 12.3. The van der Waals surface area contributed by atoms with Gasteiger partial charge in [-0.3, -0.25) is 0 Å². The highest BCUT2D eigenvalue weighted by Gasteiger charge is 2.11. The smallest absolute Gasteiger partial charge is 0.338 e. The molecule has 0 N–H and O–H groups in total. The Kier molecular flexibility index (Phi) is 4.01. The number of methoxy groups -OCH3 is 1. The van der Waals surface area contributed by atoms with Crippen LogP contribution < -0.4 is 0 Å². The summed E-state index contributed by atoms with van der Waals surface area (Å²) >= 11 is 0. The largest absolute Gasteiger partial charge is 0.465 e. The highest BCUT2D eigenvalue weighted by molar-refractivity contribution is 6.00. The van der Waals surface area contributed by atoms with Crippen LogP contribution in [0.15, 0.2) is 66.7 Å². The zero-order valence-electron chi connectivity index (χ0n) is 12.3. The van der Waals surface area contributed by atoms with E-state index in [0.29, 0.717) is 5.56 Å². The van der Waals surface area contributed by atoms with E-state index < -0.39 is 0 Å². The molecule has 0 spiro atoms. The monoisotopic (exact) mass is 288 g/mol. The van der Waals surface area contributed by atoms with E-state index in [0.717, 1.165) is 21.9 Å². The summed E-state index contributed by atoms with van der Waals surface area (Å²) in [4.78, 5) is 12.0. The van der Waals surface area contributed by atoms with Crippen molar-refractivity contribution in [2.45, 2.75) is 0 Å². The molecule has 0 aromatic heterocycles. The maximum Gasteiger partial charge on any atom is 0.338 e. The summed E-state index contributed by atoms with van der Waals surface area (Å²) in [6.07, 6.45) is 3.95. The second kappa shape index (κ2) is 6.27. The summed E-state index contributed by atoms with van der Waals surface area (Å²) in [5, 5.41) is 2.13. The average Bonchev–Trinajstić information content (AvgIpc) is 2.59. The molecule has 0 heterocycles. The van der Waals surface area contributed by atoms with Gasteiger partial charge in [-0.15, -0.1) is 0 Å². The van der Waals surface area contributed by atoms with Gasteiger partial charge in [0.05, 0.1) is 12.7 Å². The Balaban J connectivity index is 2.10. The number of fused-ring (bicyclic) bond motifs is 1. The van der Waals surface area contributed by atoms with Crippen LogP contribution in [-0.2, 0) is 4.74 Å². The maximum atomic E-state index is 12.0. The molecular formula is C20H16O2. The number of esters is 1. The number of benzene rings is 3. The van der Waals surface area contributed by atoms with Crippen LogP contribution in [0.3, 0.4) is 0 Å². The van der Waals surface area contributed by atoms with Crippen molar-refractivity contribution in [3.8, 4) is 0 Å². The molecule has 0 bridgehead atoms. The Labute approximate surface area is 129 Å². The van der Waals surface area contributed by atoms with Crippen LogP contribution in [0.2, 0.25) is 0 Å². The van der Waals surface area contributed by atoms with Gasteiger partial charge in [0.15, 0.2) is 0 Å². The number of ether oxygens (including phenoxy) is 1. The first-order valence-electron chi connectivity index (χ1n) is 7.12. The van der Waals surface area contributed by atoms with E-state index in [-0.39, 0.29) is 5.97 Å². The number of carbonyl (C=O) groups is 1. The summed E-state index contributed by atoms with van der Waals surface area (Å²) in [5.74, 6) is -0.321. The van der Waals surface area contributed by atoms with E-state index in [9.17, 15) is 4.79 Å². The molecule has 0 amide bonds. The minimum atomic E-state index is -0.321. The number of carbonyl (C=O) groups excluding carboxylic acids is 1. The van der Waals surface area contributed by atoms with E-state index in [2.05, 4.69) is 0 Å². The summed E-state index contributed by atoms with van der Waals surface area (Å²) in [5.41, 5.74) is 2.52. The number of hydrogen-bond acceptors (Lipinski definition) is 2. The Morgan fingerprint density at radius 3 is 2.18 bits per heavy atom. The molecule has 0 saturated carbocycles. The van der Waals surface area contributed by atoms with Gasteiger partial charge in [0, 0.05) is 0 Å². The van der Waals surface area contributed by atoms with Crippen molar-refractivity contribution in [3.05, 3.63) is 83.4 Å². The standard InChI is InChI=1S/C20H16O2/c1-22-20(21)19-14-17-10-6-5-9-16(17)13-18(19)12-11-15-7-3-2-4-8-15/h2-14H,1H3/b12-11+. The van der Waals surface area contributed by atoms with Crippen LogP contribution in [0.25, 0.3) is 22.9 Å². The van der Waals surface area contributed by atoms with E-state index in [4.69, 9.17) is 4.74 Å². The van der Waals surface area contributed by atoms with E-state index in [1.807, 2.05) is 78.9 Å². The first-order chi connectivity index (χ1) is 10.8. The molecule has 22 heavy (non-hydrogen) atoms. The molecule has 3 aromatic carbocycles. The predicted molar refractivity (Wildman–Crippen MR) is 90.7 cm³/mol. The van der Waals surface area contributed by atoms with Crippen molar-refractivity contribution in [1.29, 1.82) is 0 Å². The molecule has 0 aliphatic carbocycles. The van der Waals surface area contributed by atoms with E-state index in [1.54, 1.807) is 0 Å². The second-order valence-corrected chi connectivity index (χ2v) is 5.02. The van der Waals surface area contributed by atoms with Crippen LogP contribution in [0.5, 0.6) is 0 Å². The highest BCUT2D eigenvalue weighted by atomic mass is 16.5. The first kappa shape index (κ1) is 14.1. The fraction of sp³-hybridized carbons (Fsp3) is 0.0500. The van der Waals surface area contributed by atoms with Crippen LogP contribution in [0, 0.1) is 0 Å². The van der Waals surface area contributed by atoms with Gasteiger partial charge in [-0.05, 0) is 34.0 Å². The van der Waals surface area contributed by atoms with Crippen LogP contribution in [0.4, 0.5) is 0 Å². The Morgan fingerprint density at radius 2 is 1.50 bits per heavy atom. The van der Waals surface area contributed by atoms with Gasteiger partial charge < -0.3 is 4.74 Å². The van der Waals surface area contributed by atoms with Gasteiger partial charge >= 0.3 is 5.97 Å². The fourth-order valence-electron chi connectivity index (χ4n) is 2.43. The summed E-state index contributed by atoms with van der Waals surface area (Å²) < 4.78 is 4.91. The third-order valence-corrected chi connectivity index (χ3v) is 3.58. The first-order valence-corrected chi connectivity index (χ1v) is 7.12. The van der Waals surface area contributed by atoms with Crippen molar-refractivity contribution in [3.63, 3.8) is 0 Å². The quantitative estimate of drug-likeness (QED) is 0.511. The number of rotatable bonds is 3. The molecule has 0 saturated heterocycles. The van der Waals surface area contributed by atoms with Gasteiger partial charge in [-0.1, -0.05) is 66.7 Å². The van der Waals surface area contributed by atoms with Crippen LogP contribution in [0.1, 0.15) is 21.5 Å². The van der Waals surface area contributed by atoms with Gasteiger partial charge in [0.2, 0.25) is 0 Å². The van der Waals surface area contributed by atoms with Gasteiger partial charge in [0.1, 0.15) is 0 Å². The molecule has 2 heteroatoms. The van der Waals surface area contributed by atoms with Crippen molar-refractivity contribution >= 4 is 28.9 Å². The zero-order chi connectivity index (χ0) is 15.4. The van der Waals surface area contributed by atoms with E-state index in [1.165, 1.54) is 7.11 Å². The Hall–Kier alpha value is -2.87. The Morgan fingerprint density at radius 1 is 0.864 bits per heavy atom. The minimum Gasteiger partial charge on any atom is -0.465 e. The molecule has 0 aliphatic heterocycles.